The first kappa shape index (κ1) is 20.6. The van der Waals surface area contributed by atoms with Crippen LogP contribution in [0.3, 0.4) is 0 Å². The molecule has 0 bridgehead atoms. The molecule has 0 saturated carbocycles. The normalized spacial score (nSPS) is 19.7. The highest BCUT2D eigenvalue weighted by Gasteiger charge is 2.22. The maximum atomic E-state index is 5.98. The van der Waals surface area contributed by atoms with Crippen molar-refractivity contribution in [3.63, 3.8) is 0 Å². The van der Waals surface area contributed by atoms with Gasteiger partial charge in [0.1, 0.15) is 5.01 Å². The lowest BCUT2D eigenvalue weighted by atomic mass is 9.93. The Hall–Kier alpha value is -0.410. The summed E-state index contributed by atoms with van der Waals surface area (Å²) in [6.45, 7) is 12.5. The highest BCUT2D eigenvalue weighted by atomic mass is 127. The highest BCUT2D eigenvalue weighted by molar-refractivity contribution is 14.0. The first-order valence-corrected chi connectivity index (χ1v) is 9.01. The van der Waals surface area contributed by atoms with Crippen molar-refractivity contribution in [3.05, 3.63) is 16.1 Å². The molecule has 1 aromatic rings. The standard InChI is InChI=1S/C16H29N5S.HI/c1-5-21-8-6-7-12(21)9-18-15(17)19-10-14-20-13(11-22-14)16(2,3)4;/h11-12H,5-10H2,1-4H3,(H3,17,18,19);1H. The molecule has 2 rings (SSSR count). The molecule has 1 aromatic heterocycles. The SMILES string of the molecule is CCN1CCCC1CNC(N)=NCc1nc(C(C)(C)C)cs1.I. The minimum Gasteiger partial charge on any atom is -0.370 e. The second-order valence-electron chi connectivity index (χ2n) is 6.88. The monoisotopic (exact) mass is 451 g/mol. The number of guanidine groups is 1. The van der Waals surface area contributed by atoms with E-state index in [1.165, 1.54) is 19.4 Å². The van der Waals surface area contributed by atoms with Crippen molar-refractivity contribution in [1.29, 1.82) is 0 Å². The molecule has 1 unspecified atom stereocenters. The molecular weight excluding hydrogens is 421 g/mol. The summed E-state index contributed by atoms with van der Waals surface area (Å²) in [5.41, 5.74) is 7.19. The van der Waals surface area contributed by atoms with E-state index in [1.807, 2.05) is 0 Å². The van der Waals surface area contributed by atoms with Crippen molar-refractivity contribution in [2.45, 2.75) is 58.5 Å². The molecule has 0 amide bonds. The molecule has 1 fully saturated rings. The van der Waals surface area contributed by atoms with Gasteiger partial charge in [0, 0.05) is 23.4 Å². The van der Waals surface area contributed by atoms with E-state index in [1.54, 1.807) is 11.3 Å². The average molecular weight is 451 g/mol. The third-order valence-corrected chi connectivity index (χ3v) is 4.96. The molecule has 5 nitrogen and oxygen atoms in total. The van der Waals surface area contributed by atoms with Gasteiger partial charge in [0.15, 0.2) is 5.96 Å². The zero-order valence-corrected chi connectivity index (χ0v) is 17.8. The van der Waals surface area contributed by atoms with Gasteiger partial charge >= 0.3 is 0 Å². The van der Waals surface area contributed by atoms with Gasteiger partial charge in [-0.3, -0.25) is 4.90 Å². The summed E-state index contributed by atoms with van der Waals surface area (Å²) in [7, 11) is 0. The largest absolute Gasteiger partial charge is 0.370 e. The fourth-order valence-corrected chi connectivity index (χ4v) is 3.65. The molecule has 132 valence electrons. The Morgan fingerprint density at radius 2 is 2.26 bits per heavy atom. The summed E-state index contributed by atoms with van der Waals surface area (Å²) in [4.78, 5) is 11.5. The van der Waals surface area contributed by atoms with E-state index < -0.39 is 0 Å². The summed E-state index contributed by atoms with van der Waals surface area (Å²) in [6.07, 6.45) is 2.53. The van der Waals surface area contributed by atoms with E-state index in [-0.39, 0.29) is 29.4 Å². The Morgan fingerprint density at radius 3 is 2.87 bits per heavy atom. The number of nitrogens with two attached hydrogens (primary N) is 1. The molecule has 1 atom stereocenters. The molecule has 0 aliphatic carbocycles. The Labute approximate surface area is 161 Å². The van der Waals surface area contributed by atoms with Crippen LogP contribution >= 0.6 is 35.3 Å². The number of aliphatic imine (C=N–C) groups is 1. The van der Waals surface area contributed by atoms with E-state index in [9.17, 15) is 0 Å². The van der Waals surface area contributed by atoms with Gasteiger partial charge in [-0.15, -0.1) is 35.3 Å². The van der Waals surface area contributed by atoms with E-state index >= 15 is 0 Å². The van der Waals surface area contributed by atoms with Gasteiger partial charge in [0.2, 0.25) is 0 Å². The maximum absolute atomic E-state index is 5.98. The molecule has 7 heteroatoms. The van der Waals surface area contributed by atoms with Crippen LogP contribution in [0.1, 0.15) is 51.2 Å². The summed E-state index contributed by atoms with van der Waals surface area (Å²) >= 11 is 1.66. The van der Waals surface area contributed by atoms with Gasteiger partial charge in [-0.05, 0) is 25.9 Å². The van der Waals surface area contributed by atoms with Crippen LogP contribution in [0.25, 0.3) is 0 Å². The van der Waals surface area contributed by atoms with Gasteiger partial charge in [-0.1, -0.05) is 27.7 Å². The predicted molar refractivity (Wildman–Crippen MR) is 110 cm³/mol. The molecular formula is C16H30IN5S. The third kappa shape index (κ3) is 6.19. The van der Waals surface area contributed by atoms with Gasteiger partial charge in [0.05, 0.1) is 12.2 Å². The Morgan fingerprint density at radius 1 is 1.52 bits per heavy atom. The number of halogens is 1. The molecule has 0 aromatic carbocycles. The average Bonchev–Trinajstić information content (AvgIpc) is 3.10. The maximum Gasteiger partial charge on any atom is 0.189 e. The number of nitrogens with zero attached hydrogens (tertiary/aromatic N) is 3. The summed E-state index contributed by atoms with van der Waals surface area (Å²) in [5, 5.41) is 6.40. The molecule has 1 aliphatic heterocycles. The molecule has 3 N–H and O–H groups in total. The molecule has 0 radical (unpaired) electrons. The van der Waals surface area contributed by atoms with Crippen LogP contribution in [0, 0.1) is 0 Å². The van der Waals surface area contributed by atoms with Gasteiger partial charge in [-0.25, -0.2) is 9.98 Å². The van der Waals surface area contributed by atoms with E-state index in [2.05, 4.69) is 53.3 Å². The molecule has 1 saturated heterocycles. The molecule has 23 heavy (non-hydrogen) atoms. The van der Waals surface area contributed by atoms with Crippen molar-refractivity contribution in [2.24, 2.45) is 10.7 Å². The number of hydrogen-bond donors (Lipinski definition) is 2. The smallest absolute Gasteiger partial charge is 0.189 e. The zero-order valence-electron chi connectivity index (χ0n) is 14.6. The number of rotatable bonds is 5. The third-order valence-electron chi connectivity index (χ3n) is 4.13. The number of hydrogen-bond acceptors (Lipinski definition) is 4. The van der Waals surface area contributed by atoms with Crippen molar-refractivity contribution >= 4 is 41.3 Å². The Bertz CT molecular complexity index is 509. The second-order valence-corrected chi connectivity index (χ2v) is 7.83. The number of likely N-dealkylation sites (N-methyl/N-ethyl adjacent to an activating group) is 1. The minimum absolute atomic E-state index is 0. The van der Waals surface area contributed by atoms with Crippen LogP contribution in [0.5, 0.6) is 0 Å². The number of nitrogens with one attached hydrogen (secondary N) is 1. The predicted octanol–water partition coefficient (Wildman–Crippen LogP) is 2.95. The van der Waals surface area contributed by atoms with Crippen LogP contribution in [-0.2, 0) is 12.0 Å². The summed E-state index contributed by atoms with van der Waals surface area (Å²) in [6, 6.07) is 0.589. The first-order valence-electron chi connectivity index (χ1n) is 8.13. The lowest BCUT2D eigenvalue weighted by Crippen LogP contribution is -2.42. The fourth-order valence-electron chi connectivity index (χ4n) is 2.70. The van der Waals surface area contributed by atoms with E-state index in [0.717, 1.165) is 23.8 Å². The summed E-state index contributed by atoms with van der Waals surface area (Å²) < 4.78 is 0. The number of aromatic nitrogens is 1. The van der Waals surface area contributed by atoms with E-state index in [4.69, 9.17) is 5.73 Å². The van der Waals surface area contributed by atoms with Crippen molar-refractivity contribution in [3.8, 4) is 0 Å². The number of likely N-dealkylation sites (tertiary alicyclic amines) is 1. The molecule has 2 heterocycles. The van der Waals surface area contributed by atoms with Crippen LogP contribution < -0.4 is 11.1 Å². The second kappa shape index (κ2) is 9.17. The molecule has 0 spiro atoms. The van der Waals surface area contributed by atoms with Crippen molar-refractivity contribution in [2.75, 3.05) is 19.6 Å². The summed E-state index contributed by atoms with van der Waals surface area (Å²) in [5.74, 6) is 0.524. The molecule has 1 aliphatic rings. The van der Waals surface area contributed by atoms with Crippen LogP contribution in [0.2, 0.25) is 0 Å². The van der Waals surface area contributed by atoms with Crippen LogP contribution in [0.4, 0.5) is 0 Å². The minimum atomic E-state index is 0. The van der Waals surface area contributed by atoms with Crippen LogP contribution in [-0.4, -0.2) is 41.5 Å². The van der Waals surface area contributed by atoms with Gasteiger partial charge < -0.3 is 11.1 Å². The number of thiazole rings is 1. The van der Waals surface area contributed by atoms with Crippen molar-refractivity contribution < 1.29 is 0 Å². The lowest BCUT2D eigenvalue weighted by molar-refractivity contribution is 0.267. The van der Waals surface area contributed by atoms with Crippen molar-refractivity contribution in [1.82, 2.24) is 15.2 Å². The lowest BCUT2D eigenvalue weighted by Gasteiger charge is -2.23. The van der Waals surface area contributed by atoms with Gasteiger partial charge in [-0.2, -0.15) is 0 Å². The van der Waals surface area contributed by atoms with Gasteiger partial charge in [0.25, 0.3) is 0 Å². The highest BCUT2D eigenvalue weighted by Crippen LogP contribution is 2.24. The fraction of sp³-hybridized carbons (Fsp3) is 0.750. The first-order chi connectivity index (χ1) is 10.4. The van der Waals surface area contributed by atoms with Crippen LogP contribution in [0.15, 0.2) is 10.4 Å². The quantitative estimate of drug-likeness (QED) is 0.411. The zero-order chi connectivity index (χ0) is 16.2. The topological polar surface area (TPSA) is 66.5 Å². The Balaban J connectivity index is 0.00000264. The van der Waals surface area contributed by atoms with E-state index in [0.29, 0.717) is 18.5 Å². The Kier molecular flexibility index (Phi) is 8.23.